The standard InChI is InChI=1S/C27H27N5OS/c1-3-19-12-21(18(14-29-19)16-32-8-10-33-11-9-32)23-5-4-20-22(31-23)6-7-24-26(20)27-25(34-24)15-28-17(2)13-30-27/h1,4-7,12,14,17,28,30H,8-11,13,15-16H2,2H3/t17-/m1/s1. The molecule has 5 heterocycles. The van der Waals surface area contributed by atoms with Crippen LogP contribution in [0.25, 0.3) is 32.2 Å². The number of ether oxygens (including phenoxy) is 1. The molecule has 4 aromatic rings. The van der Waals surface area contributed by atoms with Crippen LogP contribution in [0.4, 0.5) is 5.69 Å². The Balaban J connectivity index is 1.44. The number of aromatic nitrogens is 2. The fraction of sp³-hybridized carbons (Fsp3) is 0.333. The monoisotopic (exact) mass is 469 g/mol. The van der Waals surface area contributed by atoms with E-state index in [2.05, 4.69) is 57.6 Å². The normalized spacial score (nSPS) is 18.9. The molecule has 1 fully saturated rings. The van der Waals surface area contributed by atoms with Crippen LogP contribution < -0.4 is 10.6 Å². The Morgan fingerprint density at radius 2 is 2.12 bits per heavy atom. The maximum atomic E-state index is 5.69. The third kappa shape index (κ3) is 3.93. The van der Waals surface area contributed by atoms with Crippen LogP contribution in [0.2, 0.25) is 0 Å². The number of thiophene rings is 1. The summed E-state index contributed by atoms with van der Waals surface area (Å²) >= 11 is 1.86. The number of hydrogen-bond acceptors (Lipinski definition) is 7. The van der Waals surface area contributed by atoms with Gasteiger partial charge in [-0.2, -0.15) is 0 Å². The molecule has 6 rings (SSSR count). The smallest absolute Gasteiger partial charge is 0.113 e. The molecular formula is C27H27N5OS. The summed E-state index contributed by atoms with van der Waals surface area (Å²) in [5.41, 5.74) is 6.00. The van der Waals surface area contributed by atoms with Gasteiger partial charge in [0.25, 0.3) is 0 Å². The molecule has 0 aliphatic carbocycles. The summed E-state index contributed by atoms with van der Waals surface area (Å²) in [6, 6.07) is 11.1. The zero-order chi connectivity index (χ0) is 23.1. The Morgan fingerprint density at radius 1 is 1.24 bits per heavy atom. The lowest BCUT2D eigenvalue weighted by atomic mass is 10.0. The summed E-state index contributed by atoms with van der Waals surface area (Å²) in [6.07, 6.45) is 7.60. The Bertz CT molecular complexity index is 1420. The van der Waals surface area contributed by atoms with Crippen molar-refractivity contribution in [2.24, 2.45) is 0 Å². The van der Waals surface area contributed by atoms with Crippen molar-refractivity contribution < 1.29 is 4.74 Å². The number of benzene rings is 1. The van der Waals surface area contributed by atoms with Crippen LogP contribution in [-0.4, -0.2) is 53.8 Å². The van der Waals surface area contributed by atoms with Gasteiger partial charge in [0, 0.05) is 70.9 Å². The molecule has 2 N–H and O–H groups in total. The van der Waals surface area contributed by atoms with Crippen molar-refractivity contribution in [3.8, 4) is 23.6 Å². The molecule has 1 saturated heterocycles. The first-order valence-corrected chi connectivity index (χ1v) is 12.6. The van der Waals surface area contributed by atoms with Crippen LogP contribution >= 0.6 is 11.3 Å². The minimum absolute atomic E-state index is 0.441. The topological polar surface area (TPSA) is 62.3 Å². The van der Waals surface area contributed by atoms with E-state index in [0.29, 0.717) is 11.7 Å². The average Bonchev–Trinajstić information content (AvgIpc) is 3.14. The molecule has 0 amide bonds. The van der Waals surface area contributed by atoms with Crippen LogP contribution in [-0.2, 0) is 17.8 Å². The first kappa shape index (κ1) is 21.5. The van der Waals surface area contributed by atoms with Crippen LogP contribution in [0, 0.1) is 12.3 Å². The number of morpholine rings is 1. The Hall–Kier alpha value is -3.02. The Morgan fingerprint density at radius 3 is 2.97 bits per heavy atom. The van der Waals surface area contributed by atoms with Crippen LogP contribution in [0.5, 0.6) is 0 Å². The quantitative estimate of drug-likeness (QED) is 0.438. The first-order chi connectivity index (χ1) is 16.7. The van der Waals surface area contributed by atoms with Gasteiger partial charge in [-0.3, -0.25) is 4.90 Å². The fourth-order valence-corrected chi connectivity index (χ4v) is 5.98. The molecule has 6 nitrogen and oxygen atoms in total. The van der Waals surface area contributed by atoms with E-state index in [4.69, 9.17) is 16.1 Å². The lowest BCUT2D eigenvalue weighted by Gasteiger charge is -2.27. The highest BCUT2D eigenvalue weighted by Crippen LogP contribution is 2.41. The number of pyridine rings is 2. The van der Waals surface area contributed by atoms with Gasteiger partial charge in [-0.25, -0.2) is 9.97 Å². The van der Waals surface area contributed by atoms with Crippen molar-refractivity contribution in [2.75, 3.05) is 38.2 Å². The summed E-state index contributed by atoms with van der Waals surface area (Å²) in [6.45, 7) is 8.20. The van der Waals surface area contributed by atoms with E-state index in [1.807, 2.05) is 23.6 Å². The lowest BCUT2D eigenvalue weighted by Crippen LogP contribution is -2.35. The van der Waals surface area contributed by atoms with Crippen molar-refractivity contribution >= 4 is 38.0 Å². The van der Waals surface area contributed by atoms with E-state index in [0.717, 1.165) is 68.3 Å². The molecule has 7 heteroatoms. The van der Waals surface area contributed by atoms with Gasteiger partial charge in [-0.15, -0.1) is 17.8 Å². The predicted octanol–water partition coefficient (Wildman–Crippen LogP) is 4.23. The molecule has 172 valence electrons. The highest BCUT2D eigenvalue weighted by atomic mass is 32.1. The van der Waals surface area contributed by atoms with Crippen molar-refractivity contribution in [3.05, 3.63) is 52.7 Å². The average molecular weight is 470 g/mol. The van der Waals surface area contributed by atoms with Crippen LogP contribution in [0.1, 0.15) is 23.1 Å². The summed E-state index contributed by atoms with van der Waals surface area (Å²) < 4.78 is 6.81. The van der Waals surface area contributed by atoms with E-state index >= 15 is 0 Å². The van der Waals surface area contributed by atoms with Crippen molar-refractivity contribution in [3.63, 3.8) is 0 Å². The van der Waals surface area contributed by atoms with Gasteiger partial charge in [0.05, 0.1) is 30.1 Å². The van der Waals surface area contributed by atoms with Crippen LogP contribution in [0.15, 0.2) is 36.5 Å². The minimum Gasteiger partial charge on any atom is -0.382 e. The van der Waals surface area contributed by atoms with Crippen molar-refractivity contribution in [2.45, 2.75) is 26.1 Å². The molecule has 1 aromatic carbocycles. The second-order valence-electron chi connectivity index (χ2n) is 9.02. The predicted molar refractivity (Wildman–Crippen MR) is 139 cm³/mol. The summed E-state index contributed by atoms with van der Waals surface area (Å²) in [7, 11) is 0. The molecule has 0 bridgehead atoms. The zero-order valence-corrected chi connectivity index (χ0v) is 20.0. The molecule has 34 heavy (non-hydrogen) atoms. The molecule has 3 aromatic heterocycles. The summed E-state index contributed by atoms with van der Waals surface area (Å²) in [5.74, 6) is 2.68. The molecule has 0 spiro atoms. The molecule has 1 atom stereocenters. The maximum Gasteiger partial charge on any atom is 0.113 e. The highest BCUT2D eigenvalue weighted by molar-refractivity contribution is 7.20. The van der Waals surface area contributed by atoms with Gasteiger partial charge in [0.2, 0.25) is 0 Å². The maximum absolute atomic E-state index is 5.69. The minimum atomic E-state index is 0.441. The van der Waals surface area contributed by atoms with Gasteiger partial charge in [0.15, 0.2) is 0 Å². The van der Waals surface area contributed by atoms with Gasteiger partial charge in [-0.1, -0.05) is 5.92 Å². The van der Waals surface area contributed by atoms with E-state index < -0.39 is 0 Å². The fourth-order valence-electron chi connectivity index (χ4n) is 4.83. The van der Waals surface area contributed by atoms with Gasteiger partial charge in [-0.05, 0) is 42.8 Å². The summed E-state index contributed by atoms with van der Waals surface area (Å²) in [5, 5.41) is 9.73. The SMILES string of the molecule is C#Cc1cc(-c2ccc3c(ccc4sc5c(c43)NC[C@@H](C)NC5)n2)c(CN2CCOCC2)cn1. The molecule has 0 unspecified atom stereocenters. The number of nitrogens with zero attached hydrogens (tertiary/aromatic N) is 3. The number of nitrogens with one attached hydrogen (secondary N) is 2. The van der Waals surface area contributed by atoms with E-state index in [9.17, 15) is 0 Å². The Labute approximate surface area is 203 Å². The lowest BCUT2D eigenvalue weighted by molar-refractivity contribution is 0.0342. The number of rotatable bonds is 3. The number of fused-ring (bicyclic) bond motifs is 5. The van der Waals surface area contributed by atoms with Crippen LogP contribution in [0.3, 0.4) is 0 Å². The highest BCUT2D eigenvalue weighted by Gasteiger charge is 2.20. The second-order valence-corrected chi connectivity index (χ2v) is 10.2. The first-order valence-electron chi connectivity index (χ1n) is 11.8. The van der Waals surface area contributed by atoms with Gasteiger partial charge >= 0.3 is 0 Å². The van der Waals surface area contributed by atoms with E-state index in [1.54, 1.807) is 0 Å². The van der Waals surface area contributed by atoms with Gasteiger partial charge in [0.1, 0.15) is 5.69 Å². The van der Waals surface area contributed by atoms with Crippen molar-refractivity contribution in [1.82, 2.24) is 20.2 Å². The number of terminal acetylenes is 1. The Kier molecular flexibility index (Phi) is 5.67. The zero-order valence-electron chi connectivity index (χ0n) is 19.2. The molecule has 0 radical (unpaired) electrons. The largest absolute Gasteiger partial charge is 0.382 e. The summed E-state index contributed by atoms with van der Waals surface area (Å²) in [4.78, 5) is 13.3. The molecule has 2 aliphatic rings. The van der Waals surface area contributed by atoms with Crippen molar-refractivity contribution in [1.29, 1.82) is 0 Å². The third-order valence-corrected chi connectivity index (χ3v) is 7.85. The molecule has 0 saturated carbocycles. The van der Waals surface area contributed by atoms with E-state index in [1.165, 1.54) is 26.0 Å². The third-order valence-electron chi connectivity index (χ3n) is 6.70. The van der Waals surface area contributed by atoms with Gasteiger partial charge < -0.3 is 15.4 Å². The number of hydrogen-bond donors (Lipinski definition) is 2. The van der Waals surface area contributed by atoms with E-state index in [-0.39, 0.29) is 0 Å². The number of anilines is 1. The second kappa shape index (κ2) is 8.97. The molecule has 2 aliphatic heterocycles. The molecular weight excluding hydrogens is 442 g/mol.